The van der Waals surface area contributed by atoms with Crippen molar-refractivity contribution in [3.8, 4) is 0 Å². The molecule has 2 aliphatic rings. The van der Waals surface area contributed by atoms with Crippen LogP contribution >= 0.6 is 0 Å². The molecule has 2 heterocycles. The number of aliphatic imine (C=N–C) groups is 1. The van der Waals surface area contributed by atoms with E-state index < -0.39 is 0 Å². The Morgan fingerprint density at radius 2 is 1.96 bits per heavy atom. The highest BCUT2D eigenvalue weighted by Crippen LogP contribution is 2.21. The summed E-state index contributed by atoms with van der Waals surface area (Å²) in [6.07, 6.45) is 2.53. The number of rotatable bonds is 6. The molecule has 0 spiro atoms. The molecule has 1 aromatic carbocycles. The summed E-state index contributed by atoms with van der Waals surface area (Å²) in [6, 6.07) is 6.99. The first-order valence-corrected chi connectivity index (χ1v) is 10.4. The van der Waals surface area contributed by atoms with Gasteiger partial charge in [0, 0.05) is 39.8 Å². The largest absolute Gasteiger partial charge is 0.379 e. The fraction of sp³-hybridized carbons (Fsp3) is 0.667. The number of halogens is 1. The molecule has 28 heavy (non-hydrogen) atoms. The molecule has 2 fully saturated rings. The molecule has 7 heteroatoms. The van der Waals surface area contributed by atoms with Gasteiger partial charge in [-0.15, -0.1) is 0 Å². The quantitative estimate of drug-likeness (QED) is 0.571. The van der Waals surface area contributed by atoms with Crippen LogP contribution in [-0.4, -0.2) is 82.3 Å². The molecule has 3 rings (SSSR count). The van der Waals surface area contributed by atoms with Crippen molar-refractivity contribution in [3.63, 3.8) is 0 Å². The molecule has 0 aromatic heterocycles. The third-order valence-corrected chi connectivity index (χ3v) is 5.71. The number of nitrogens with one attached hydrogen (secondary N) is 2. The zero-order valence-electron chi connectivity index (χ0n) is 17.2. The number of piperidine rings is 1. The van der Waals surface area contributed by atoms with E-state index in [-0.39, 0.29) is 11.9 Å². The number of hydrogen-bond acceptors (Lipinski definition) is 4. The Labute approximate surface area is 168 Å². The van der Waals surface area contributed by atoms with Crippen LogP contribution in [0.4, 0.5) is 4.39 Å². The molecule has 0 saturated carbocycles. The van der Waals surface area contributed by atoms with Crippen molar-refractivity contribution in [2.75, 3.05) is 66.6 Å². The summed E-state index contributed by atoms with van der Waals surface area (Å²) in [6.45, 7) is 7.21. The molecule has 0 radical (unpaired) electrons. The number of morpholine rings is 1. The standard InChI is InChI=1S/C21H34FN5O/c1-23-21(24-14-17-4-3-9-26(2)16-17)25-15-20(27-10-12-28-13-11-27)18-5-7-19(22)8-6-18/h5-8,17,20H,3-4,9-16H2,1-2H3,(H2,23,24,25). The molecule has 0 aliphatic carbocycles. The van der Waals surface area contributed by atoms with Crippen molar-refractivity contribution >= 4 is 5.96 Å². The number of guanidine groups is 1. The van der Waals surface area contributed by atoms with E-state index in [1.165, 1.54) is 31.5 Å². The Hall–Kier alpha value is -1.70. The van der Waals surface area contributed by atoms with E-state index in [1.54, 1.807) is 0 Å². The monoisotopic (exact) mass is 391 g/mol. The molecule has 0 bridgehead atoms. The smallest absolute Gasteiger partial charge is 0.191 e. The lowest BCUT2D eigenvalue weighted by Gasteiger charge is -2.35. The Morgan fingerprint density at radius 3 is 2.64 bits per heavy atom. The fourth-order valence-electron chi connectivity index (χ4n) is 4.13. The van der Waals surface area contributed by atoms with Gasteiger partial charge in [-0.3, -0.25) is 9.89 Å². The summed E-state index contributed by atoms with van der Waals surface area (Å²) in [5, 5.41) is 6.97. The van der Waals surface area contributed by atoms with Gasteiger partial charge >= 0.3 is 0 Å². The van der Waals surface area contributed by atoms with Crippen molar-refractivity contribution in [2.45, 2.75) is 18.9 Å². The third-order valence-electron chi connectivity index (χ3n) is 5.71. The fourth-order valence-corrected chi connectivity index (χ4v) is 4.13. The van der Waals surface area contributed by atoms with E-state index in [2.05, 4.69) is 32.5 Å². The highest BCUT2D eigenvalue weighted by molar-refractivity contribution is 5.79. The normalized spacial score (nSPS) is 23.4. The van der Waals surface area contributed by atoms with Gasteiger partial charge in [0.1, 0.15) is 5.82 Å². The van der Waals surface area contributed by atoms with Crippen LogP contribution in [-0.2, 0) is 4.74 Å². The zero-order chi connectivity index (χ0) is 19.8. The summed E-state index contributed by atoms with van der Waals surface area (Å²) in [5.74, 6) is 1.28. The van der Waals surface area contributed by atoms with Crippen LogP contribution in [0.25, 0.3) is 0 Å². The average molecular weight is 392 g/mol. The lowest BCUT2D eigenvalue weighted by Crippen LogP contribution is -2.47. The number of likely N-dealkylation sites (tertiary alicyclic amines) is 1. The molecular weight excluding hydrogens is 357 g/mol. The van der Waals surface area contributed by atoms with E-state index in [9.17, 15) is 4.39 Å². The number of ether oxygens (including phenoxy) is 1. The minimum absolute atomic E-state index is 0.156. The predicted octanol–water partition coefficient (Wildman–Crippen LogP) is 1.71. The summed E-state index contributed by atoms with van der Waals surface area (Å²) >= 11 is 0. The molecule has 6 nitrogen and oxygen atoms in total. The van der Waals surface area contributed by atoms with Crippen molar-refractivity contribution in [3.05, 3.63) is 35.6 Å². The molecule has 2 N–H and O–H groups in total. The van der Waals surface area contributed by atoms with Crippen LogP contribution in [0.2, 0.25) is 0 Å². The zero-order valence-corrected chi connectivity index (χ0v) is 17.2. The Balaban J connectivity index is 1.57. The van der Waals surface area contributed by atoms with Gasteiger partial charge in [0.25, 0.3) is 0 Å². The van der Waals surface area contributed by atoms with Gasteiger partial charge < -0.3 is 20.3 Å². The molecule has 2 atom stereocenters. The Kier molecular flexibility index (Phi) is 8.06. The van der Waals surface area contributed by atoms with Gasteiger partial charge in [0.05, 0.1) is 19.3 Å². The van der Waals surface area contributed by atoms with Crippen LogP contribution in [0.15, 0.2) is 29.3 Å². The molecule has 0 amide bonds. The third kappa shape index (κ3) is 6.15. The summed E-state index contributed by atoms with van der Waals surface area (Å²) in [4.78, 5) is 9.19. The minimum Gasteiger partial charge on any atom is -0.379 e. The summed E-state index contributed by atoms with van der Waals surface area (Å²) in [7, 11) is 4.00. The van der Waals surface area contributed by atoms with E-state index in [0.717, 1.165) is 57.5 Å². The van der Waals surface area contributed by atoms with Gasteiger partial charge in [-0.1, -0.05) is 12.1 Å². The van der Waals surface area contributed by atoms with Gasteiger partial charge in [0.2, 0.25) is 0 Å². The Morgan fingerprint density at radius 1 is 1.21 bits per heavy atom. The maximum Gasteiger partial charge on any atom is 0.191 e. The average Bonchev–Trinajstić information content (AvgIpc) is 2.72. The highest BCUT2D eigenvalue weighted by atomic mass is 19.1. The second-order valence-corrected chi connectivity index (χ2v) is 7.82. The predicted molar refractivity (Wildman–Crippen MR) is 111 cm³/mol. The first kappa shape index (κ1) is 21.0. The second-order valence-electron chi connectivity index (χ2n) is 7.82. The number of hydrogen-bond donors (Lipinski definition) is 2. The first-order chi connectivity index (χ1) is 13.7. The van der Waals surface area contributed by atoms with Crippen molar-refractivity contribution in [1.29, 1.82) is 0 Å². The highest BCUT2D eigenvalue weighted by Gasteiger charge is 2.23. The van der Waals surface area contributed by atoms with Gasteiger partial charge in [0.15, 0.2) is 5.96 Å². The summed E-state index contributed by atoms with van der Waals surface area (Å²) < 4.78 is 18.9. The summed E-state index contributed by atoms with van der Waals surface area (Å²) in [5.41, 5.74) is 1.11. The second kappa shape index (κ2) is 10.7. The number of nitrogens with zero attached hydrogens (tertiary/aromatic N) is 3. The molecule has 1 aromatic rings. The molecule has 2 saturated heterocycles. The van der Waals surface area contributed by atoms with Crippen LogP contribution in [0.3, 0.4) is 0 Å². The van der Waals surface area contributed by atoms with Crippen LogP contribution in [0.5, 0.6) is 0 Å². The van der Waals surface area contributed by atoms with Crippen LogP contribution < -0.4 is 10.6 Å². The maximum atomic E-state index is 13.4. The van der Waals surface area contributed by atoms with E-state index in [0.29, 0.717) is 5.92 Å². The van der Waals surface area contributed by atoms with E-state index in [4.69, 9.17) is 4.74 Å². The topological polar surface area (TPSA) is 52.1 Å². The van der Waals surface area contributed by atoms with Crippen molar-refractivity contribution in [1.82, 2.24) is 20.4 Å². The maximum absolute atomic E-state index is 13.4. The minimum atomic E-state index is -0.202. The molecule has 2 unspecified atom stereocenters. The molecule has 156 valence electrons. The SMILES string of the molecule is CN=C(NCC1CCCN(C)C1)NCC(c1ccc(F)cc1)N1CCOCC1. The molecule has 2 aliphatic heterocycles. The molecular formula is C21H34FN5O. The van der Waals surface area contributed by atoms with E-state index >= 15 is 0 Å². The Bertz CT molecular complexity index is 618. The first-order valence-electron chi connectivity index (χ1n) is 10.4. The number of benzene rings is 1. The van der Waals surface area contributed by atoms with E-state index in [1.807, 2.05) is 19.2 Å². The van der Waals surface area contributed by atoms with Crippen molar-refractivity contribution in [2.24, 2.45) is 10.9 Å². The van der Waals surface area contributed by atoms with Crippen LogP contribution in [0, 0.1) is 11.7 Å². The van der Waals surface area contributed by atoms with Crippen molar-refractivity contribution < 1.29 is 9.13 Å². The lowest BCUT2D eigenvalue weighted by molar-refractivity contribution is 0.0170. The lowest BCUT2D eigenvalue weighted by atomic mass is 9.98. The van der Waals surface area contributed by atoms with Gasteiger partial charge in [-0.25, -0.2) is 4.39 Å². The van der Waals surface area contributed by atoms with Gasteiger partial charge in [-0.2, -0.15) is 0 Å². The van der Waals surface area contributed by atoms with Gasteiger partial charge in [-0.05, 0) is 50.0 Å². The van der Waals surface area contributed by atoms with Crippen LogP contribution in [0.1, 0.15) is 24.4 Å².